The van der Waals surface area contributed by atoms with Crippen LogP contribution < -0.4 is 0 Å². The van der Waals surface area contributed by atoms with E-state index in [0.29, 0.717) is 15.5 Å². The molecule has 0 amide bonds. The third-order valence-corrected chi connectivity index (χ3v) is 3.44. The molecule has 0 fully saturated rings. The zero-order chi connectivity index (χ0) is 11.5. The summed E-state index contributed by atoms with van der Waals surface area (Å²) < 4.78 is 0. The molecular weight excluding hydrogens is 244 g/mol. The van der Waals surface area contributed by atoms with Crippen molar-refractivity contribution in [1.29, 1.82) is 0 Å². The fourth-order valence-corrected chi connectivity index (χ4v) is 2.32. The summed E-state index contributed by atoms with van der Waals surface area (Å²) in [5.41, 5.74) is 0.447. The third kappa shape index (κ3) is 2.16. The molecule has 0 spiro atoms. The molecule has 1 aromatic heterocycles. The molecule has 0 unspecified atom stereocenters. The molecule has 2 rings (SSSR count). The molecule has 0 radical (unpaired) electrons. The molecule has 4 heteroatoms. The third-order valence-electron chi connectivity index (χ3n) is 2.21. The zero-order valence-electron chi connectivity index (χ0n) is 8.26. The summed E-state index contributed by atoms with van der Waals surface area (Å²) in [6.07, 6.45) is -1.19. The van der Waals surface area contributed by atoms with E-state index in [1.807, 2.05) is 0 Å². The first-order valence-corrected chi connectivity index (χ1v) is 5.96. The van der Waals surface area contributed by atoms with Gasteiger partial charge in [-0.2, -0.15) is 0 Å². The van der Waals surface area contributed by atoms with Crippen LogP contribution in [0, 0.1) is 0 Å². The van der Waals surface area contributed by atoms with Gasteiger partial charge in [0, 0.05) is 10.6 Å². The maximum Gasteiger partial charge on any atom is 0.205 e. The first-order valence-electron chi connectivity index (χ1n) is 4.70. The first-order chi connectivity index (χ1) is 7.70. The number of ketones is 1. The molecule has 82 valence electrons. The number of benzene rings is 1. The summed E-state index contributed by atoms with van der Waals surface area (Å²) >= 11 is 7.22. The van der Waals surface area contributed by atoms with E-state index < -0.39 is 6.10 Å². The molecular formula is C12H9ClO2S. The van der Waals surface area contributed by atoms with Crippen molar-refractivity contribution in [1.82, 2.24) is 0 Å². The Kier molecular flexibility index (Phi) is 3.39. The molecule has 2 nitrogen and oxygen atoms in total. The highest BCUT2D eigenvalue weighted by Gasteiger charge is 2.21. The number of carbonyl (C=O) groups excluding carboxylic acids is 1. The fraction of sp³-hybridized carbons (Fsp3) is 0.0833. The summed E-state index contributed by atoms with van der Waals surface area (Å²) in [4.78, 5) is 12.4. The standard InChI is InChI=1S/C12H9ClO2S/c13-9-5-2-1-4-8(9)11(14)12(15)10-6-3-7-16-10/h1-7,11,14H/t11-/m0/s1. The number of hydrogen-bond donors (Lipinski definition) is 1. The van der Waals surface area contributed by atoms with Crippen LogP contribution in [0.25, 0.3) is 0 Å². The van der Waals surface area contributed by atoms with E-state index >= 15 is 0 Å². The highest BCUT2D eigenvalue weighted by molar-refractivity contribution is 7.12. The van der Waals surface area contributed by atoms with Gasteiger partial charge in [0.05, 0.1) is 4.88 Å². The summed E-state index contributed by atoms with van der Waals surface area (Å²) in [6.45, 7) is 0. The van der Waals surface area contributed by atoms with E-state index in [1.54, 1.807) is 41.8 Å². The lowest BCUT2D eigenvalue weighted by atomic mass is 10.0. The molecule has 0 aliphatic heterocycles. The summed E-state index contributed by atoms with van der Waals surface area (Å²) in [5, 5.41) is 12.1. The highest BCUT2D eigenvalue weighted by Crippen LogP contribution is 2.26. The van der Waals surface area contributed by atoms with Crippen LogP contribution in [-0.2, 0) is 0 Å². The molecule has 1 atom stereocenters. The molecule has 0 saturated carbocycles. The molecule has 2 aromatic rings. The average molecular weight is 253 g/mol. The van der Waals surface area contributed by atoms with Crippen LogP contribution in [0.2, 0.25) is 5.02 Å². The molecule has 0 aliphatic rings. The van der Waals surface area contributed by atoms with Gasteiger partial charge in [0.25, 0.3) is 0 Å². The van der Waals surface area contributed by atoms with Crippen LogP contribution in [0.5, 0.6) is 0 Å². The van der Waals surface area contributed by atoms with E-state index in [4.69, 9.17) is 11.6 Å². The summed E-state index contributed by atoms with van der Waals surface area (Å²) in [5.74, 6) is -0.317. The second-order valence-corrected chi connectivity index (χ2v) is 4.62. The van der Waals surface area contributed by atoms with Crippen molar-refractivity contribution < 1.29 is 9.90 Å². The molecule has 1 heterocycles. The van der Waals surface area contributed by atoms with Crippen LogP contribution in [-0.4, -0.2) is 10.9 Å². The van der Waals surface area contributed by atoms with Crippen molar-refractivity contribution >= 4 is 28.7 Å². The van der Waals surface area contributed by atoms with Gasteiger partial charge in [-0.25, -0.2) is 0 Å². The Morgan fingerprint density at radius 2 is 2.00 bits per heavy atom. The topological polar surface area (TPSA) is 37.3 Å². The Hall–Kier alpha value is -1.16. The van der Waals surface area contributed by atoms with Crippen LogP contribution in [0.4, 0.5) is 0 Å². The highest BCUT2D eigenvalue weighted by atomic mass is 35.5. The number of rotatable bonds is 3. The van der Waals surface area contributed by atoms with Gasteiger partial charge in [-0.05, 0) is 17.5 Å². The lowest BCUT2D eigenvalue weighted by molar-refractivity contribution is 0.0752. The molecule has 1 aromatic carbocycles. The van der Waals surface area contributed by atoms with Crippen molar-refractivity contribution in [3.63, 3.8) is 0 Å². The minimum atomic E-state index is -1.19. The van der Waals surface area contributed by atoms with Crippen molar-refractivity contribution in [3.05, 3.63) is 57.2 Å². The zero-order valence-corrected chi connectivity index (χ0v) is 9.83. The van der Waals surface area contributed by atoms with E-state index in [9.17, 15) is 9.90 Å². The molecule has 1 N–H and O–H groups in total. The number of carbonyl (C=O) groups is 1. The lowest BCUT2D eigenvalue weighted by Crippen LogP contribution is -2.11. The maximum absolute atomic E-state index is 11.9. The largest absolute Gasteiger partial charge is 0.380 e. The maximum atomic E-state index is 11.9. The van der Waals surface area contributed by atoms with E-state index in [2.05, 4.69) is 0 Å². The van der Waals surface area contributed by atoms with Gasteiger partial charge in [-0.3, -0.25) is 4.79 Å². The smallest absolute Gasteiger partial charge is 0.205 e. The fourth-order valence-electron chi connectivity index (χ4n) is 1.39. The Bertz CT molecular complexity index is 493. The number of halogens is 1. The minimum Gasteiger partial charge on any atom is -0.380 e. The molecule has 0 aliphatic carbocycles. The van der Waals surface area contributed by atoms with Gasteiger partial charge < -0.3 is 5.11 Å². The van der Waals surface area contributed by atoms with Crippen molar-refractivity contribution in [2.24, 2.45) is 0 Å². The van der Waals surface area contributed by atoms with Crippen molar-refractivity contribution in [3.8, 4) is 0 Å². The van der Waals surface area contributed by atoms with Crippen molar-refractivity contribution in [2.45, 2.75) is 6.10 Å². The van der Waals surface area contributed by atoms with E-state index in [1.165, 1.54) is 11.3 Å². The van der Waals surface area contributed by atoms with Crippen LogP contribution >= 0.6 is 22.9 Å². The van der Waals surface area contributed by atoms with Crippen LogP contribution in [0.3, 0.4) is 0 Å². The molecule has 0 bridgehead atoms. The SMILES string of the molecule is O=C(c1cccs1)[C@@H](O)c1ccccc1Cl. The first kappa shape index (κ1) is 11.3. The number of Topliss-reactive ketones (excluding diaryl/α,β-unsaturated/α-hetero) is 1. The average Bonchev–Trinajstić information content (AvgIpc) is 2.81. The monoisotopic (exact) mass is 252 g/mol. The minimum absolute atomic E-state index is 0.317. The Morgan fingerprint density at radius 1 is 1.25 bits per heavy atom. The number of aliphatic hydroxyl groups excluding tert-OH is 1. The second-order valence-electron chi connectivity index (χ2n) is 3.27. The normalized spacial score (nSPS) is 12.4. The second kappa shape index (κ2) is 4.78. The molecule has 16 heavy (non-hydrogen) atoms. The van der Waals surface area contributed by atoms with Crippen LogP contribution in [0.15, 0.2) is 41.8 Å². The molecule has 0 saturated heterocycles. The lowest BCUT2D eigenvalue weighted by Gasteiger charge is -2.10. The van der Waals surface area contributed by atoms with Gasteiger partial charge in [-0.15, -0.1) is 11.3 Å². The Balaban J connectivity index is 2.30. The van der Waals surface area contributed by atoms with Gasteiger partial charge >= 0.3 is 0 Å². The van der Waals surface area contributed by atoms with E-state index in [0.717, 1.165) is 0 Å². The quantitative estimate of drug-likeness (QED) is 0.851. The van der Waals surface area contributed by atoms with Gasteiger partial charge in [0.2, 0.25) is 5.78 Å². The summed E-state index contributed by atoms with van der Waals surface area (Å²) in [6, 6.07) is 10.3. The van der Waals surface area contributed by atoms with Gasteiger partial charge in [0.1, 0.15) is 6.10 Å². The van der Waals surface area contributed by atoms with Crippen molar-refractivity contribution in [2.75, 3.05) is 0 Å². The number of thiophene rings is 1. The predicted octanol–water partition coefficient (Wildman–Crippen LogP) is 3.32. The van der Waals surface area contributed by atoms with Gasteiger partial charge in [0.15, 0.2) is 0 Å². The van der Waals surface area contributed by atoms with Crippen LogP contribution in [0.1, 0.15) is 21.3 Å². The summed E-state index contributed by atoms with van der Waals surface area (Å²) in [7, 11) is 0. The predicted molar refractivity (Wildman–Crippen MR) is 65.1 cm³/mol. The Labute approximate surface area is 102 Å². The number of aliphatic hydroxyl groups is 1. The number of hydrogen-bond acceptors (Lipinski definition) is 3. The Morgan fingerprint density at radius 3 is 2.62 bits per heavy atom. The van der Waals surface area contributed by atoms with E-state index in [-0.39, 0.29) is 5.78 Å². The van der Waals surface area contributed by atoms with Gasteiger partial charge in [-0.1, -0.05) is 35.9 Å².